The predicted octanol–water partition coefficient (Wildman–Crippen LogP) is 14.0. The largest absolute Gasteiger partial charge is 0.507 e. The van der Waals surface area contributed by atoms with Crippen molar-refractivity contribution in [3.8, 4) is 11.5 Å². The summed E-state index contributed by atoms with van der Waals surface area (Å²) < 4.78 is 38.1. The summed E-state index contributed by atoms with van der Waals surface area (Å²) in [6, 6.07) is 6.91. The molecule has 0 amide bonds. The monoisotopic (exact) mass is 815 g/mol. The summed E-state index contributed by atoms with van der Waals surface area (Å²) in [5, 5.41) is 21.0. The molecule has 0 saturated carbocycles. The lowest BCUT2D eigenvalue weighted by molar-refractivity contribution is 0.0488. The highest BCUT2D eigenvalue weighted by Crippen LogP contribution is 2.35. The van der Waals surface area contributed by atoms with Gasteiger partial charge in [-0.15, -0.1) is 0 Å². The van der Waals surface area contributed by atoms with E-state index >= 15 is 0 Å². The molecule has 0 aromatic heterocycles. The van der Waals surface area contributed by atoms with Crippen LogP contribution in [0.5, 0.6) is 11.5 Å². The van der Waals surface area contributed by atoms with E-state index in [0.717, 1.165) is 62.8 Å². The number of sulfone groups is 1. The van der Waals surface area contributed by atoms with Gasteiger partial charge in [-0.3, -0.25) is 0 Å². The highest BCUT2D eigenvalue weighted by atomic mass is 32.2. The first-order chi connectivity index (χ1) is 27.7. The third-order valence-corrected chi connectivity index (χ3v) is 12.7. The van der Waals surface area contributed by atoms with E-state index in [-0.39, 0.29) is 24.3 Å². The SMILES string of the molecule is CCCCCCCCCCCCCCCCCOC(=O)c1ccc(O)c(S(=O)(=O)c2cc(C(=O)OCCCCCCCCCCCCCCCCC)ccc2O)c1. The standard InChI is InChI=1S/C48H78O8S/c1-3-5-7-9-11-13-15-17-19-21-23-25-27-29-31-37-55-47(51)41-33-35-43(49)45(39-41)57(53,54)46-40-42(34-36-44(46)50)48(52)56-38-32-30-28-26-24-22-20-18-16-14-12-10-8-6-4-2/h33-36,39-40,49-50H,3-32,37-38H2,1-2H3. The van der Waals surface area contributed by atoms with Crippen molar-refractivity contribution in [1.82, 2.24) is 0 Å². The fourth-order valence-electron chi connectivity index (χ4n) is 7.27. The van der Waals surface area contributed by atoms with Gasteiger partial charge in [-0.1, -0.05) is 194 Å². The normalized spacial score (nSPS) is 11.5. The Kier molecular flexibility index (Phi) is 28.0. The molecule has 2 N–H and O–H groups in total. The number of rotatable bonds is 36. The Morgan fingerprint density at radius 1 is 0.421 bits per heavy atom. The Labute approximate surface area is 346 Å². The summed E-state index contributed by atoms with van der Waals surface area (Å²) in [7, 11) is -4.53. The fraction of sp³-hybridized carbons (Fsp3) is 0.708. The molecule has 0 bridgehead atoms. The fourth-order valence-corrected chi connectivity index (χ4v) is 8.76. The molecule has 0 heterocycles. The van der Waals surface area contributed by atoms with E-state index < -0.39 is 43.1 Å². The molecule has 0 radical (unpaired) electrons. The number of esters is 2. The molecule has 0 spiro atoms. The second-order valence-corrected chi connectivity index (χ2v) is 17.9. The number of carbonyl (C=O) groups excluding carboxylic acids is 2. The first-order valence-corrected chi connectivity index (χ1v) is 24.5. The highest BCUT2D eigenvalue weighted by Gasteiger charge is 2.28. The predicted molar refractivity (Wildman–Crippen MR) is 232 cm³/mol. The second-order valence-electron chi connectivity index (χ2n) is 16.0. The Hall–Kier alpha value is -3.07. The molecule has 0 aliphatic carbocycles. The van der Waals surface area contributed by atoms with Gasteiger partial charge in [0.05, 0.1) is 24.3 Å². The number of benzene rings is 2. The molecule has 9 heteroatoms. The number of ether oxygens (including phenoxy) is 2. The highest BCUT2D eigenvalue weighted by molar-refractivity contribution is 7.91. The van der Waals surface area contributed by atoms with Crippen LogP contribution in [0.25, 0.3) is 0 Å². The van der Waals surface area contributed by atoms with Crippen LogP contribution in [0.4, 0.5) is 0 Å². The molecule has 0 aliphatic heterocycles. The number of hydrogen-bond acceptors (Lipinski definition) is 8. The van der Waals surface area contributed by atoms with Crippen molar-refractivity contribution in [2.24, 2.45) is 0 Å². The third-order valence-electron chi connectivity index (χ3n) is 10.9. The topological polar surface area (TPSA) is 127 Å². The van der Waals surface area contributed by atoms with Crippen LogP contribution >= 0.6 is 0 Å². The zero-order valence-electron chi connectivity index (χ0n) is 35.8. The summed E-state index contributed by atoms with van der Waals surface area (Å²) in [4.78, 5) is 24.5. The van der Waals surface area contributed by atoms with Crippen LogP contribution in [0.2, 0.25) is 0 Å². The summed E-state index contributed by atoms with van der Waals surface area (Å²) in [6.07, 6.45) is 37.0. The number of unbranched alkanes of at least 4 members (excludes halogenated alkanes) is 28. The molecule has 2 rings (SSSR count). The smallest absolute Gasteiger partial charge is 0.338 e. The van der Waals surface area contributed by atoms with Crippen LogP contribution in [-0.2, 0) is 19.3 Å². The maximum absolute atomic E-state index is 13.6. The van der Waals surface area contributed by atoms with Gasteiger partial charge in [0.1, 0.15) is 21.3 Å². The number of aromatic hydroxyl groups is 2. The van der Waals surface area contributed by atoms with Crippen molar-refractivity contribution < 1.29 is 37.7 Å². The van der Waals surface area contributed by atoms with Crippen molar-refractivity contribution in [3.63, 3.8) is 0 Å². The zero-order valence-corrected chi connectivity index (χ0v) is 36.7. The number of phenols is 2. The number of phenolic OH excluding ortho intramolecular Hbond substituents is 2. The molecular formula is C48H78O8S. The number of carbonyl (C=O) groups is 2. The van der Waals surface area contributed by atoms with E-state index in [1.165, 1.54) is 153 Å². The van der Waals surface area contributed by atoms with Gasteiger partial charge in [0.2, 0.25) is 9.84 Å². The van der Waals surface area contributed by atoms with Gasteiger partial charge in [0.25, 0.3) is 0 Å². The average Bonchev–Trinajstić information content (AvgIpc) is 3.20. The average molecular weight is 815 g/mol. The van der Waals surface area contributed by atoms with Crippen molar-refractivity contribution >= 4 is 21.8 Å². The minimum absolute atomic E-state index is 0.0362. The van der Waals surface area contributed by atoms with Gasteiger partial charge in [-0.05, 0) is 49.2 Å². The Morgan fingerprint density at radius 3 is 0.930 bits per heavy atom. The van der Waals surface area contributed by atoms with Crippen molar-refractivity contribution in [1.29, 1.82) is 0 Å². The Morgan fingerprint density at radius 2 is 0.667 bits per heavy atom. The molecule has 0 fully saturated rings. The first-order valence-electron chi connectivity index (χ1n) is 23.0. The van der Waals surface area contributed by atoms with Crippen molar-refractivity contribution in [3.05, 3.63) is 47.5 Å². The maximum atomic E-state index is 13.6. The summed E-state index contributed by atoms with van der Waals surface area (Å²) in [5.41, 5.74) is -0.0724. The molecule has 0 unspecified atom stereocenters. The van der Waals surface area contributed by atoms with Gasteiger partial charge < -0.3 is 19.7 Å². The van der Waals surface area contributed by atoms with Gasteiger partial charge in [0.15, 0.2) is 0 Å². The Balaban J connectivity index is 1.68. The van der Waals surface area contributed by atoms with Crippen molar-refractivity contribution in [2.45, 2.75) is 216 Å². The summed E-state index contributed by atoms with van der Waals surface area (Å²) in [6.45, 7) is 4.93. The molecule has 2 aromatic carbocycles. The molecule has 324 valence electrons. The lowest BCUT2D eigenvalue weighted by Crippen LogP contribution is -2.11. The van der Waals surface area contributed by atoms with E-state index in [4.69, 9.17) is 9.47 Å². The zero-order chi connectivity index (χ0) is 41.4. The number of hydrogen-bond donors (Lipinski definition) is 2. The van der Waals surface area contributed by atoms with Gasteiger partial charge >= 0.3 is 11.9 Å². The van der Waals surface area contributed by atoms with E-state index in [1.54, 1.807) is 0 Å². The summed E-state index contributed by atoms with van der Waals surface area (Å²) in [5.74, 6) is -2.57. The van der Waals surface area contributed by atoms with Crippen molar-refractivity contribution in [2.75, 3.05) is 13.2 Å². The lowest BCUT2D eigenvalue weighted by atomic mass is 10.0. The Bertz CT molecular complexity index is 1370. The molecule has 0 atom stereocenters. The van der Waals surface area contributed by atoms with Crippen LogP contribution in [0, 0.1) is 0 Å². The van der Waals surface area contributed by atoms with E-state index in [1.807, 2.05) is 0 Å². The van der Waals surface area contributed by atoms with Gasteiger partial charge in [-0.2, -0.15) is 0 Å². The molecule has 8 nitrogen and oxygen atoms in total. The quantitative estimate of drug-likeness (QED) is 0.0514. The van der Waals surface area contributed by atoms with Crippen LogP contribution in [0.15, 0.2) is 46.2 Å². The lowest BCUT2D eigenvalue weighted by Gasteiger charge is -2.12. The van der Waals surface area contributed by atoms with E-state index in [9.17, 15) is 28.2 Å². The van der Waals surface area contributed by atoms with E-state index in [0.29, 0.717) is 12.8 Å². The molecule has 57 heavy (non-hydrogen) atoms. The minimum atomic E-state index is -4.53. The molecule has 2 aromatic rings. The molecular weight excluding hydrogens is 737 g/mol. The van der Waals surface area contributed by atoms with Crippen LogP contribution in [0.3, 0.4) is 0 Å². The van der Waals surface area contributed by atoms with Crippen LogP contribution < -0.4 is 0 Å². The van der Waals surface area contributed by atoms with E-state index in [2.05, 4.69) is 13.8 Å². The maximum Gasteiger partial charge on any atom is 0.338 e. The first kappa shape index (κ1) is 50.1. The second kappa shape index (κ2) is 31.9. The third kappa shape index (κ3) is 22.0. The van der Waals surface area contributed by atoms with Crippen LogP contribution in [-0.4, -0.2) is 43.8 Å². The minimum Gasteiger partial charge on any atom is -0.507 e. The van der Waals surface area contributed by atoms with Gasteiger partial charge in [-0.25, -0.2) is 18.0 Å². The molecule has 0 saturated heterocycles. The van der Waals surface area contributed by atoms with Crippen LogP contribution in [0.1, 0.15) is 227 Å². The van der Waals surface area contributed by atoms with Gasteiger partial charge in [0, 0.05) is 0 Å². The molecule has 0 aliphatic rings. The summed E-state index contributed by atoms with van der Waals surface area (Å²) >= 11 is 0.